The monoisotopic (exact) mass is 199 g/mol. The number of carboxylic acid groups (broad SMARTS) is 1. The number of carboxylic acids is 1. The van der Waals surface area contributed by atoms with Gasteiger partial charge in [-0.05, 0) is 6.92 Å². The van der Waals surface area contributed by atoms with Gasteiger partial charge in [-0.3, -0.25) is 4.79 Å². The molecule has 76 valence electrons. The van der Waals surface area contributed by atoms with Crippen LogP contribution in [0.1, 0.15) is 5.82 Å². The van der Waals surface area contributed by atoms with Crippen LogP contribution in [-0.2, 0) is 4.79 Å². The number of hydrogen-bond donors (Lipinski definition) is 3. The van der Waals surface area contributed by atoms with Gasteiger partial charge in [0.1, 0.15) is 5.82 Å². The van der Waals surface area contributed by atoms with Crippen molar-refractivity contribution in [2.75, 3.05) is 12.3 Å². The Hall–Kier alpha value is -2.05. The summed E-state index contributed by atoms with van der Waals surface area (Å²) in [6.45, 7) is 0.927. The predicted octanol–water partition coefficient (Wildman–Crippen LogP) is -0.876. The van der Waals surface area contributed by atoms with Gasteiger partial charge in [0, 0.05) is 0 Å². The lowest BCUT2D eigenvalue weighted by Crippen LogP contribution is -2.20. The molecule has 0 saturated carbocycles. The Morgan fingerprint density at radius 1 is 1.71 bits per heavy atom. The maximum absolute atomic E-state index is 11.2. The third-order valence-corrected chi connectivity index (χ3v) is 1.36. The van der Waals surface area contributed by atoms with Gasteiger partial charge in [-0.25, -0.2) is 9.78 Å². The van der Waals surface area contributed by atoms with Crippen LogP contribution in [0.5, 0.6) is 5.75 Å². The standard InChI is InChI=1S/C7H9N3O4/c1-3-9-6(8)5(7(13)10-3)14-2-4(11)12/h2H2,1H3,(H,11,12)(H3,8,9,10,13). The zero-order valence-electron chi connectivity index (χ0n) is 7.40. The van der Waals surface area contributed by atoms with Crippen molar-refractivity contribution in [1.82, 2.24) is 9.97 Å². The van der Waals surface area contributed by atoms with Gasteiger partial charge in [-0.1, -0.05) is 0 Å². The van der Waals surface area contributed by atoms with E-state index >= 15 is 0 Å². The highest BCUT2D eigenvalue weighted by Crippen LogP contribution is 2.10. The molecule has 1 aromatic rings. The molecule has 1 aromatic heterocycles. The van der Waals surface area contributed by atoms with Gasteiger partial charge in [0.05, 0.1) is 0 Å². The number of aromatic amines is 1. The number of nitrogens with one attached hydrogen (secondary N) is 1. The Kier molecular flexibility index (Phi) is 2.70. The molecular weight excluding hydrogens is 190 g/mol. The van der Waals surface area contributed by atoms with Gasteiger partial charge in [0.25, 0.3) is 5.56 Å². The van der Waals surface area contributed by atoms with Gasteiger partial charge >= 0.3 is 5.97 Å². The molecule has 0 bridgehead atoms. The highest BCUT2D eigenvalue weighted by Gasteiger charge is 2.09. The molecule has 0 amide bonds. The van der Waals surface area contributed by atoms with E-state index in [-0.39, 0.29) is 11.6 Å². The van der Waals surface area contributed by atoms with E-state index in [0.717, 1.165) is 0 Å². The number of aryl methyl sites for hydroxylation is 1. The second-order valence-corrected chi connectivity index (χ2v) is 2.55. The molecule has 0 atom stereocenters. The third kappa shape index (κ3) is 2.22. The molecule has 7 nitrogen and oxygen atoms in total. The average Bonchev–Trinajstić information content (AvgIpc) is 2.01. The number of nitrogen functional groups attached to an aromatic ring is 1. The molecule has 0 saturated heterocycles. The zero-order chi connectivity index (χ0) is 10.7. The summed E-state index contributed by atoms with van der Waals surface area (Å²) < 4.78 is 4.65. The number of rotatable bonds is 3. The highest BCUT2D eigenvalue weighted by atomic mass is 16.5. The van der Waals surface area contributed by atoms with Crippen molar-refractivity contribution in [3.63, 3.8) is 0 Å². The molecule has 1 rings (SSSR count). The number of ether oxygens (including phenoxy) is 1. The number of carbonyl (C=O) groups is 1. The minimum absolute atomic E-state index is 0.118. The lowest BCUT2D eigenvalue weighted by atomic mass is 10.5. The van der Waals surface area contributed by atoms with E-state index < -0.39 is 18.1 Å². The third-order valence-electron chi connectivity index (χ3n) is 1.36. The lowest BCUT2D eigenvalue weighted by Gasteiger charge is -2.04. The number of nitrogens with two attached hydrogens (primary N) is 1. The van der Waals surface area contributed by atoms with E-state index in [1.165, 1.54) is 0 Å². The number of nitrogens with zero attached hydrogens (tertiary/aromatic N) is 1. The minimum atomic E-state index is -1.19. The first-order chi connectivity index (χ1) is 6.50. The molecule has 0 aromatic carbocycles. The van der Waals surface area contributed by atoms with Crippen molar-refractivity contribution in [2.24, 2.45) is 0 Å². The van der Waals surface area contributed by atoms with Crippen LogP contribution in [0.15, 0.2) is 4.79 Å². The smallest absolute Gasteiger partial charge is 0.341 e. The van der Waals surface area contributed by atoms with Crippen molar-refractivity contribution in [3.8, 4) is 5.75 Å². The molecule has 0 radical (unpaired) electrons. The summed E-state index contributed by atoms with van der Waals surface area (Å²) in [5, 5.41) is 8.31. The molecule has 0 spiro atoms. The van der Waals surface area contributed by atoms with Crippen LogP contribution in [0, 0.1) is 6.92 Å². The van der Waals surface area contributed by atoms with E-state index in [2.05, 4.69) is 14.7 Å². The molecule has 0 fully saturated rings. The van der Waals surface area contributed by atoms with Crippen LogP contribution >= 0.6 is 0 Å². The summed E-state index contributed by atoms with van der Waals surface area (Å²) in [5.41, 5.74) is 4.77. The predicted molar refractivity (Wildman–Crippen MR) is 47.1 cm³/mol. The molecule has 0 unspecified atom stereocenters. The molecule has 0 aliphatic carbocycles. The van der Waals surface area contributed by atoms with Gasteiger partial charge in [0.2, 0.25) is 5.75 Å². The van der Waals surface area contributed by atoms with Crippen molar-refractivity contribution < 1.29 is 14.6 Å². The minimum Gasteiger partial charge on any atom is -0.479 e. The van der Waals surface area contributed by atoms with Crippen LogP contribution in [0.3, 0.4) is 0 Å². The molecule has 14 heavy (non-hydrogen) atoms. The van der Waals surface area contributed by atoms with Crippen molar-refractivity contribution in [1.29, 1.82) is 0 Å². The van der Waals surface area contributed by atoms with Gasteiger partial charge in [0.15, 0.2) is 12.4 Å². The SMILES string of the molecule is Cc1nc(N)c(OCC(=O)O)c(=O)[nH]1. The number of hydrogen-bond acceptors (Lipinski definition) is 5. The van der Waals surface area contributed by atoms with Gasteiger partial charge in [-0.15, -0.1) is 0 Å². The summed E-state index contributed by atoms with van der Waals surface area (Å²) in [6, 6.07) is 0. The Bertz CT molecular complexity index is 412. The number of anilines is 1. The molecule has 1 heterocycles. The van der Waals surface area contributed by atoms with Crippen LogP contribution < -0.4 is 16.0 Å². The maximum atomic E-state index is 11.2. The Morgan fingerprint density at radius 2 is 2.36 bits per heavy atom. The molecule has 4 N–H and O–H groups in total. The molecular formula is C7H9N3O4. The van der Waals surface area contributed by atoms with Crippen LogP contribution in [-0.4, -0.2) is 27.7 Å². The second-order valence-electron chi connectivity index (χ2n) is 2.55. The fourth-order valence-electron chi connectivity index (χ4n) is 0.870. The summed E-state index contributed by atoms with van der Waals surface area (Å²) in [7, 11) is 0. The molecule has 0 aliphatic rings. The Morgan fingerprint density at radius 3 is 2.86 bits per heavy atom. The van der Waals surface area contributed by atoms with Crippen molar-refractivity contribution in [2.45, 2.75) is 6.92 Å². The van der Waals surface area contributed by atoms with E-state index in [9.17, 15) is 9.59 Å². The van der Waals surface area contributed by atoms with E-state index in [1.807, 2.05) is 0 Å². The van der Waals surface area contributed by atoms with E-state index in [4.69, 9.17) is 10.8 Å². The number of aliphatic carboxylic acids is 1. The van der Waals surface area contributed by atoms with Crippen LogP contribution in [0.4, 0.5) is 5.82 Å². The average molecular weight is 199 g/mol. The molecule has 7 heteroatoms. The first-order valence-electron chi connectivity index (χ1n) is 3.71. The van der Waals surface area contributed by atoms with Gasteiger partial charge in [-0.2, -0.15) is 0 Å². The fraction of sp³-hybridized carbons (Fsp3) is 0.286. The largest absolute Gasteiger partial charge is 0.479 e. The van der Waals surface area contributed by atoms with Crippen molar-refractivity contribution in [3.05, 3.63) is 16.2 Å². The second kappa shape index (κ2) is 3.77. The normalized spacial score (nSPS) is 9.79. The topological polar surface area (TPSA) is 118 Å². The summed E-state index contributed by atoms with van der Waals surface area (Å²) >= 11 is 0. The van der Waals surface area contributed by atoms with Crippen molar-refractivity contribution >= 4 is 11.8 Å². The van der Waals surface area contributed by atoms with E-state index in [0.29, 0.717) is 5.82 Å². The van der Waals surface area contributed by atoms with E-state index in [1.54, 1.807) is 6.92 Å². The lowest BCUT2D eigenvalue weighted by molar-refractivity contribution is -0.139. The van der Waals surface area contributed by atoms with Crippen LogP contribution in [0.2, 0.25) is 0 Å². The summed E-state index contributed by atoms with van der Waals surface area (Å²) in [4.78, 5) is 27.4. The fourth-order valence-corrected chi connectivity index (χ4v) is 0.870. The first-order valence-corrected chi connectivity index (χ1v) is 3.71. The van der Waals surface area contributed by atoms with Crippen LogP contribution in [0.25, 0.3) is 0 Å². The number of H-pyrrole nitrogens is 1. The summed E-state index contributed by atoms with van der Waals surface area (Å²) in [5.74, 6) is -1.23. The number of aromatic nitrogens is 2. The quantitative estimate of drug-likeness (QED) is 0.581. The maximum Gasteiger partial charge on any atom is 0.341 e. The van der Waals surface area contributed by atoms with Gasteiger partial charge < -0.3 is 20.6 Å². The Balaban J connectivity index is 2.97. The zero-order valence-corrected chi connectivity index (χ0v) is 7.40. The molecule has 0 aliphatic heterocycles. The Labute approximate surface area is 78.5 Å². The summed E-state index contributed by atoms with van der Waals surface area (Å²) in [6.07, 6.45) is 0. The highest BCUT2D eigenvalue weighted by molar-refractivity contribution is 5.68. The first kappa shape index (κ1) is 10.0.